The summed E-state index contributed by atoms with van der Waals surface area (Å²) in [5.41, 5.74) is 3.30. The fourth-order valence-corrected chi connectivity index (χ4v) is 1.03. The van der Waals surface area contributed by atoms with Crippen molar-refractivity contribution in [3.05, 3.63) is 17.7 Å². The third-order valence-electron chi connectivity index (χ3n) is 1.86. The Morgan fingerprint density at radius 3 is 2.41 bits per heavy atom. The van der Waals surface area contributed by atoms with Crippen LogP contribution in [-0.4, -0.2) is 10.6 Å². The fraction of sp³-hybridized carbons (Fsp3) is 0.364. The standard InChI is InChI=1S/C11H11F3N2O/c1-4-10(2,3)17-9-6-7(11(12,13)14)5-8(15)16-9/h1,5-6H,2-3H3,(H2,15,16). The molecule has 0 aliphatic carbocycles. The average Bonchev–Trinajstić information content (AvgIpc) is 2.14. The van der Waals surface area contributed by atoms with Gasteiger partial charge in [-0.2, -0.15) is 18.2 Å². The molecular formula is C11H11F3N2O. The first-order valence-electron chi connectivity index (χ1n) is 4.65. The Balaban J connectivity index is 3.12. The van der Waals surface area contributed by atoms with Gasteiger partial charge in [-0.1, -0.05) is 5.92 Å². The van der Waals surface area contributed by atoms with Gasteiger partial charge in [0.15, 0.2) is 5.60 Å². The van der Waals surface area contributed by atoms with Crippen LogP contribution < -0.4 is 10.5 Å². The van der Waals surface area contributed by atoms with E-state index in [-0.39, 0.29) is 11.7 Å². The highest BCUT2D eigenvalue weighted by Crippen LogP contribution is 2.32. The second-order valence-corrected chi connectivity index (χ2v) is 3.87. The van der Waals surface area contributed by atoms with Crippen molar-refractivity contribution in [2.45, 2.75) is 25.6 Å². The molecule has 0 saturated carbocycles. The number of nitrogen functional groups attached to an aromatic ring is 1. The van der Waals surface area contributed by atoms with Crippen LogP contribution in [-0.2, 0) is 6.18 Å². The first kappa shape index (κ1) is 13.2. The third kappa shape index (κ3) is 3.55. The van der Waals surface area contributed by atoms with Crippen LogP contribution in [0.2, 0.25) is 0 Å². The number of halogens is 3. The highest BCUT2D eigenvalue weighted by atomic mass is 19.4. The minimum Gasteiger partial charge on any atom is -0.458 e. The Hall–Kier alpha value is -1.90. The van der Waals surface area contributed by atoms with Crippen LogP contribution >= 0.6 is 0 Å². The molecule has 0 atom stereocenters. The molecule has 1 aromatic rings. The summed E-state index contributed by atoms with van der Waals surface area (Å²) in [6.45, 7) is 3.07. The summed E-state index contributed by atoms with van der Waals surface area (Å²) in [6, 6.07) is 1.49. The molecule has 1 rings (SSSR count). The van der Waals surface area contributed by atoms with E-state index in [1.165, 1.54) is 13.8 Å². The van der Waals surface area contributed by atoms with E-state index in [2.05, 4.69) is 10.9 Å². The second-order valence-electron chi connectivity index (χ2n) is 3.87. The first-order chi connectivity index (χ1) is 7.64. The Morgan fingerprint density at radius 1 is 1.35 bits per heavy atom. The van der Waals surface area contributed by atoms with E-state index >= 15 is 0 Å². The van der Waals surface area contributed by atoms with E-state index in [1.54, 1.807) is 0 Å². The lowest BCUT2D eigenvalue weighted by atomic mass is 10.1. The van der Waals surface area contributed by atoms with Crippen molar-refractivity contribution in [3.63, 3.8) is 0 Å². The van der Waals surface area contributed by atoms with Gasteiger partial charge in [0.2, 0.25) is 5.88 Å². The molecule has 0 unspecified atom stereocenters. The lowest BCUT2D eigenvalue weighted by Gasteiger charge is -2.20. The number of anilines is 1. The Morgan fingerprint density at radius 2 is 1.94 bits per heavy atom. The van der Waals surface area contributed by atoms with Gasteiger partial charge in [-0.15, -0.1) is 6.42 Å². The van der Waals surface area contributed by atoms with Gasteiger partial charge < -0.3 is 10.5 Å². The summed E-state index contributed by atoms with van der Waals surface area (Å²) in [5, 5.41) is 0. The number of alkyl halides is 3. The van der Waals surface area contributed by atoms with Crippen molar-refractivity contribution in [1.82, 2.24) is 4.98 Å². The van der Waals surface area contributed by atoms with Crippen LogP contribution in [0.5, 0.6) is 5.88 Å². The molecule has 0 aromatic carbocycles. The SMILES string of the molecule is C#CC(C)(C)Oc1cc(C(F)(F)F)cc(N)n1. The van der Waals surface area contributed by atoms with E-state index in [0.717, 1.165) is 12.1 Å². The maximum absolute atomic E-state index is 12.5. The lowest BCUT2D eigenvalue weighted by Crippen LogP contribution is -2.26. The van der Waals surface area contributed by atoms with Crippen molar-refractivity contribution >= 4 is 5.82 Å². The number of rotatable bonds is 2. The molecular weight excluding hydrogens is 233 g/mol. The quantitative estimate of drug-likeness (QED) is 0.813. The number of hydrogen-bond donors (Lipinski definition) is 1. The normalized spacial score (nSPS) is 12.0. The zero-order valence-electron chi connectivity index (χ0n) is 9.30. The molecule has 17 heavy (non-hydrogen) atoms. The van der Waals surface area contributed by atoms with Gasteiger partial charge in [-0.05, 0) is 19.9 Å². The molecule has 0 aliphatic heterocycles. The lowest BCUT2D eigenvalue weighted by molar-refractivity contribution is -0.137. The summed E-state index contributed by atoms with van der Waals surface area (Å²) in [5.74, 6) is 1.76. The molecule has 2 N–H and O–H groups in total. The van der Waals surface area contributed by atoms with Crippen molar-refractivity contribution in [2.75, 3.05) is 5.73 Å². The van der Waals surface area contributed by atoms with Gasteiger partial charge in [0, 0.05) is 6.07 Å². The van der Waals surface area contributed by atoms with Crippen LogP contribution in [0.4, 0.5) is 19.0 Å². The van der Waals surface area contributed by atoms with E-state index in [1.807, 2.05) is 0 Å². The molecule has 3 nitrogen and oxygen atoms in total. The second kappa shape index (κ2) is 4.17. The van der Waals surface area contributed by atoms with E-state index < -0.39 is 17.3 Å². The van der Waals surface area contributed by atoms with E-state index in [9.17, 15) is 13.2 Å². The molecule has 1 aromatic heterocycles. The van der Waals surface area contributed by atoms with Crippen LogP contribution in [0.15, 0.2) is 12.1 Å². The summed E-state index contributed by atoms with van der Waals surface area (Å²) in [6.07, 6.45) is 0.655. The summed E-state index contributed by atoms with van der Waals surface area (Å²) in [4.78, 5) is 3.64. The van der Waals surface area contributed by atoms with Gasteiger partial charge >= 0.3 is 6.18 Å². The van der Waals surface area contributed by atoms with Crippen LogP contribution in [0.3, 0.4) is 0 Å². The highest BCUT2D eigenvalue weighted by Gasteiger charge is 2.32. The fourth-order valence-electron chi connectivity index (χ4n) is 1.03. The number of hydrogen-bond acceptors (Lipinski definition) is 3. The Kier molecular flexibility index (Phi) is 3.23. The van der Waals surface area contributed by atoms with Gasteiger partial charge in [-0.25, -0.2) is 0 Å². The number of aromatic nitrogens is 1. The number of nitrogens with two attached hydrogens (primary N) is 1. The first-order valence-corrected chi connectivity index (χ1v) is 4.65. The molecule has 0 bridgehead atoms. The molecule has 0 aliphatic rings. The molecule has 0 saturated heterocycles. The molecule has 0 fully saturated rings. The zero-order valence-corrected chi connectivity index (χ0v) is 9.30. The minimum absolute atomic E-state index is 0.250. The molecule has 6 heteroatoms. The smallest absolute Gasteiger partial charge is 0.416 e. The van der Waals surface area contributed by atoms with Gasteiger partial charge in [-0.3, -0.25) is 0 Å². The zero-order chi connectivity index (χ0) is 13.3. The van der Waals surface area contributed by atoms with E-state index in [4.69, 9.17) is 16.9 Å². The number of terminal acetylenes is 1. The third-order valence-corrected chi connectivity index (χ3v) is 1.86. The molecule has 0 radical (unpaired) electrons. The molecule has 0 amide bonds. The Labute approximate surface area is 96.8 Å². The van der Waals surface area contributed by atoms with Crippen molar-refractivity contribution in [3.8, 4) is 18.2 Å². The van der Waals surface area contributed by atoms with Gasteiger partial charge in [0.05, 0.1) is 5.56 Å². The Bertz CT molecular complexity index is 461. The monoisotopic (exact) mass is 244 g/mol. The number of pyridine rings is 1. The van der Waals surface area contributed by atoms with Gasteiger partial charge in [0.25, 0.3) is 0 Å². The predicted molar refractivity (Wildman–Crippen MR) is 57.2 cm³/mol. The average molecular weight is 244 g/mol. The minimum atomic E-state index is -4.50. The highest BCUT2D eigenvalue weighted by molar-refractivity contribution is 5.39. The van der Waals surface area contributed by atoms with Crippen LogP contribution in [0, 0.1) is 12.3 Å². The van der Waals surface area contributed by atoms with Crippen LogP contribution in [0.1, 0.15) is 19.4 Å². The number of ether oxygens (including phenoxy) is 1. The predicted octanol–water partition coefficient (Wildman–Crippen LogP) is 2.47. The van der Waals surface area contributed by atoms with E-state index in [0.29, 0.717) is 0 Å². The van der Waals surface area contributed by atoms with Crippen molar-refractivity contribution in [1.29, 1.82) is 0 Å². The van der Waals surface area contributed by atoms with Crippen LogP contribution in [0.25, 0.3) is 0 Å². The largest absolute Gasteiger partial charge is 0.458 e. The topological polar surface area (TPSA) is 48.1 Å². The summed E-state index contributed by atoms with van der Waals surface area (Å²) in [7, 11) is 0. The van der Waals surface area contributed by atoms with Crippen molar-refractivity contribution < 1.29 is 17.9 Å². The molecule has 0 spiro atoms. The van der Waals surface area contributed by atoms with Gasteiger partial charge in [0.1, 0.15) is 5.82 Å². The molecule has 92 valence electrons. The summed E-state index contributed by atoms with van der Waals surface area (Å²) < 4.78 is 42.6. The summed E-state index contributed by atoms with van der Waals surface area (Å²) >= 11 is 0. The van der Waals surface area contributed by atoms with Crippen molar-refractivity contribution in [2.24, 2.45) is 0 Å². The maximum Gasteiger partial charge on any atom is 0.416 e. The number of nitrogens with zero attached hydrogens (tertiary/aromatic N) is 1. The molecule has 1 heterocycles. The maximum atomic E-state index is 12.5.